The molecule has 23 heavy (non-hydrogen) atoms. The smallest absolute Gasteiger partial charge is 0.211 e. The molecule has 1 fully saturated rings. The minimum Gasteiger partial charge on any atom is -0.211 e. The Morgan fingerprint density at radius 1 is 1.00 bits per heavy atom. The van der Waals surface area contributed by atoms with Gasteiger partial charge in [0, 0.05) is 11.4 Å². The van der Waals surface area contributed by atoms with E-state index in [4.69, 9.17) is 0 Å². The van der Waals surface area contributed by atoms with Crippen LogP contribution in [0, 0.1) is 0 Å². The van der Waals surface area contributed by atoms with Crippen molar-refractivity contribution in [3.05, 3.63) is 66.2 Å². The molecule has 0 aromatic heterocycles. The highest BCUT2D eigenvalue weighted by Gasteiger charge is 2.54. The first-order chi connectivity index (χ1) is 11.1. The lowest BCUT2D eigenvalue weighted by molar-refractivity contribution is 0.279. The third-order valence-electron chi connectivity index (χ3n) is 4.06. The van der Waals surface area contributed by atoms with Crippen molar-refractivity contribution in [1.82, 2.24) is 4.31 Å². The molecular weight excluding hydrogens is 326 g/mol. The fourth-order valence-electron chi connectivity index (χ4n) is 2.84. The standard InChI is InChI=1S/C18H21NO2S2/c1-2-3-14-19-17(15-10-6-4-7-11-15)18(23(19,20)21)22-16-12-8-5-9-13-16/h4-13,17-18H,2-3,14H2,1H3/t17-,18+/m1/s1. The minimum atomic E-state index is -3.23. The first-order valence-electron chi connectivity index (χ1n) is 7.92. The molecule has 2 aromatic carbocycles. The first kappa shape index (κ1) is 16.6. The minimum absolute atomic E-state index is 0.0713. The molecule has 0 N–H and O–H groups in total. The molecule has 1 aliphatic rings. The van der Waals surface area contributed by atoms with E-state index >= 15 is 0 Å². The van der Waals surface area contributed by atoms with Crippen molar-refractivity contribution in [3.63, 3.8) is 0 Å². The van der Waals surface area contributed by atoms with Crippen molar-refractivity contribution in [1.29, 1.82) is 0 Å². The normalized spacial score (nSPS) is 23.3. The quantitative estimate of drug-likeness (QED) is 0.782. The van der Waals surface area contributed by atoms with E-state index in [1.165, 1.54) is 11.8 Å². The van der Waals surface area contributed by atoms with Gasteiger partial charge in [0.25, 0.3) is 0 Å². The van der Waals surface area contributed by atoms with Gasteiger partial charge in [0.15, 0.2) is 0 Å². The Morgan fingerprint density at radius 3 is 2.22 bits per heavy atom. The molecule has 0 amide bonds. The second-order valence-corrected chi connectivity index (χ2v) is 9.18. The fourth-order valence-corrected chi connectivity index (χ4v) is 6.73. The maximum Gasteiger partial charge on any atom is 0.229 e. The maximum absolute atomic E-state index is 12.7. The predicted molar refractivity (Wildman–Crippen MR) is 95.8 cm³/mol. The number of hydrogen-bond donors (Lipinski definition) is 0. The van der Waals surface area contributed by atoms with Crippen molar-refractivity contribution in [3.8, 4) is 0 Å². The highest BCUT2D eigenvalue weighted by atomic mass is 32.3. The third kappa shape index (κ3) is 3.32. The maximum atomic E-state index is 12.7. The number of hydrogen-bond acceptors (Lipinski definition) is 3. The van der Waals surface area contributed by atoms with Gasteiger partial charge in [0.1, 0.15) is 4.58 Å². The summed E-state index contributed by atoms with van der Waals surface area (Å²) in [5, 5.41) is 0. The van der Waals surface area contributed by atoms with Gasteiger partial charge in [0.2, 0.25) is 10.0 Å². The summed E-state index contributed by atoms with van der Waals surface area (Å²) in [4.78, 5) is 0.997. The summed E-state index contributed by atoms with van der Waals surface area (Å²) < 4.78 is 26.7. The molecule has 1 heterocycles. The molecule has 2 atom stereocenters. The molecule has 0 aliphatic carbocycles. The van der Waals surface area contributed by atoms with Gasteiger partial charge in [-0.15, -0.1) is 11.8 Å². The van der Waals surface area contributed by atoms with E-state index in [1.54, 1.807) is 4.31 Å². The second kappa shape index (κ2) is 7.07. The molecule has 0 spiro atoms. The van der Waals surface area contributed by atoms with Crippen LogP contribution < -0.4 is 0 Å². The van der Waals surface area contributed by atoms with Gasteiger partial charge < -0.3 is 0 Å². The van der Waals surface area contributed by atoms with Gasteiger partial charge in [-0.3, -0.25) is 0 Å². The summed E-state index contributed by atoms with van der Waals surface area (Å²) in [7, 11) is -3.23. The van der Waals surface area contributed by atoms with Crippen LogP contribution in [0.15, 0.2) is 65.6 Å². The zero-order valence-corrected chi connectivity index (χ0v) is 14.8. The molecule has 0 radical (unpaired) electrons. The van der Waals surface area contributed by atoms with E-state index in [2.05, 4.69) is 6.92 Å². The Morgan fingerprint density at radius 2 is 1.61 bits per heavy atom. The SMILES string of the molecule is CCCCN1[C@H](c2ccccc2)[C@@H](Sc2ccccc2)S1(=O)=O. The fraction of sp³-hybridized carbons (Fsp3) is 0.333. The van der Waals surface area contributed by atoms with Crippen LogP contribution in [0.5, 0.6) is 0 Å². The summed E-state index contributed by atoms with van der Waals surface area (Å²) in [5.74, 6) is 0. The Balaban J connectivity index is 1.89. The summed E-state index contributed by atoms with van der Waals surface area (Å²) in [6, 6.07) is 19.7. The lowest BCUT2D eigenvalue weighted by atomic mass is 10.1. The van der Waals surface area contributed by atoms with Crippen LogP contribution in [0.1, 0.15) is 31.4 Å². The molecule has 5 heteroatoms. The monoisotopic (exact) mass is 347 g/mol. The molecule has 122 valence electrons. The van der Waals surface area contributed by atoms with E-state index in [0.717, 1.165) is 23.3 Å². The Bertz CT molecular complexity index is 732. The summed E-state index contributed by atoms with van der Waals surface area (Å²) in [5.41, 5.74) is 1.08. The van der Waals surface area contributed by atoms with Crippen molar-refractivity contribution in [2.24, 2.45) is 0 Å². The lowest BCUT2D eigenvalue weighted by Gasteiger charge is -2.46. The van der Waals surface area contributed by atoms with Gasteiger partial charge in [-0.25, -0.2) is 8.42 Å². The topological polar surface area (TPSA) is 37.4 Å². The zero-order chi connectivity index (χ0) is 16.3. The number of unbranched alkanes of at least 4 members (excludes halogenated alkanes) is 1. The third-order valence-corrected chi connectivity index (χ3v) is 8.02. The second-order valence-electron chi connectivity index (χ2n) is 5.66. The Kier molecular flexibility index (Phi) is 5.09. The van der Waals surface area contributed by atoms with Gasteiger partial charge >= 0.3 is 0 Å². The number of rotatable bonds is 6. The summed E-state index contributed by atoms with van der Waals surface area (Å²) in [6.45, 7) is 2.68. The van der Waals surface area contributed by atoms with E-state index in [9.17, 15) is 8.42 Å². The molecule has 3 rings (SSSR count). The molecule has 0 bridgehead atoms. The Labute approximate surface area is 142 Å². The van der Waals surface area contributed by atoms with Crippen molar-refractivity contribution in [2.45, 2.75) is 35.3 Å². The molecule has 0 saturated carbocycles. The van der Waals surface area contributed by atoms with Crippen LogP contribution in [0.2, 0.25) is 0 Å². The predicted octanol–water partition coefficient (Wildman–Crippen LogP) is 4.29. The van der Waals surface area contributed by atoms with E-state index in [1.807, 2.05) is 60.7 Å². The largest absolute Gasteiger partial charge is 0.229 e. The average molecular weight is 348 g/mol. The molecule has 1 saturated heterocycles. The van der Waals surface area contributed by atoms with Gasteiger partial charge in [-0.1, -0.05) is 61.9 Å². The highest BCUT2D eigenvalue weighted by Crippen LogP contribution is 2.49. The molecule has 2 aromatic rings. The van der Waals surface area contributed by atoms with Crippen LogP contribution in [0.4, 0.5) is 0 Å². The van der Waals surface area contributed by atoms with E-state index in [0.29, 0.717) is 6.54 Å². The van der Waals surface area contributed by atoms with Crippen molar-refractivity contribution < 1.29 is 8.42 Å². The average Bonchev–Trinajstić information content (AvgIpc) is 2.58. The van der Waals surface area contributed by atoms with Crippen LogP contribution in [-0.2, 0) is 10.0 Å². The molecule has 3 nitrogen and oxygen atoms in total. The molecular formula is C18H21NO2S2. The number of nitrogens with zero attached hydrogens (tertiary/aromatic N) is 1. The number of benzene rings is 2. The van der Waals surface area contributed by atoms with Gasteiger partial charge in [-0.05, 0) is 24.1 Å². The molecule has 1 aliphatic heterocycles. The van der Waals surface area contributed by atoms with Crippen molar-refractivity contribution in [2.75, 3.05) is 6.54 Å². The van der Waals surface area contributed by atoms with E-state index in [-0.39, 0.29) is 6.04 Å². The number of thioether (sulfide) groups is 1. The van der Waals surface area contributed by atoms with Crippen LogP contribution in [0.25, 0.3) is 0 Å². The summed E-state index contributed by atoms with van der Waals surface area (Å²) in [6.07, 6.45) is 1.88. The van der Waals surface area contributed by atoms with Crippen molar-refractivity contribution >= 4 is 21.8 Å². The lowest BCUT2D eigenvalue weighted by Crippen LogP contribution is -2.56. The summed E-state index contributed by atoms with van der Waals surface area (Å²) >= 11 is 1.45. The Hall–Kier alpha value is -1.30. The first-order valence-corrected chi connectivity index (χ1v) is 10.3. The van der Waals surface area contributed by atoms with Gasteiger partial charge in [-0.2, -0.15) is 4.31 Å². The highest BCUT2D eigenvalue weighted by molar-refractivity contribution is 8.13. The van der Waals surface area contributed by atoms with Crippen LogP contribution in [-0.4, -0.2) is 23.8 Å². The van der Waals surface area contributed by atoms with Crippen LogP contribution in [0.3, 0.4) is 0 Å². The van der Waals surface area contributed by atoms with Crippen LogP contribution >= 0.6 is 11.8 Å². The number of sulfonamides is 1. The van der Waals surface area contributed by atoms with Gasteiger partial charge in [0.05, 0.1) is 6.04 Å². The van der Waals surface area contributed by atoms with E-state index < -0.39 is 14.6 Å². The zero-order valence-electron chi connectivity index (χ0n) is 13.1. The molecule has 0 unspecified atom stereocenters.